The Morgan fingerprint density at radius 2 is 1.86 bits per heavy atom. The third kappa shape index (κ3) is 6.51. The Kier molecular flexibility index (Phi) is 8.01. The number of hydrogen-bond donors (Lipinski definition) is 6. The molecule has 21 heavy (non-hydrogen) atoms. The molecule has 0 aliphatic heterocycles. The van der Waals surface area contributed by atoms with Crippen molar-refractivity contribution in [1.82, 2.24) is 10.4 Å². The number of aliphatic hydroxyl groups excluding tert-OH is 1. The zero-order chi connectivity index (χ0) is 16.8. The number of hydroxylamine groups is 2. The first-order valence-electron chi connectivity index (χ1n) is 6.19. The van der Waals surface area contributed by atoms with Crippen LogP contribution >= 0.6 is 7.60 Å². The lowest BCUT2D eigenvalue weighted by Crippen LogP contribution is -2.45. The van der Waals surface area contributed by atoms with Crippen LogP contribution < -0.4 is 5.32 Å². The highest BCUT2D eigenvalue weighted by Crippen LogP contribution is 2.38. The van der Waals surface area contributed by atoms with Gasteiger partial charge in [-0.3, -0.25) is 24.7 Å². The van der Waals surface area contributed by atoms with E-state index in [0.717, 1.165) is 0 Å². The van der Waals surface area contributed by atoms with Gasteiger partial charge in [0, 0.05) is 6.54 Å². The van der Waals surface area contributed by atoms with Gasteiger partial charge in [-0.1, -0.05) is 20.3 Å². The van der Waals surface area contributed by atoms with Gasteiger partial charge in [-0.15, -0.1) is 0 Å². The summed E-state index contributed by atoms with van der Waals surface area (Å²) < 4.78 is 10.7. The van der Waals surface area contributed by atoms with Gasteiger partial charge in [-0.25, -0.2) is 5.06 Å². The number of hydrogen-bond acceptors (Lipinski definition) is 6. The number of aliphatic hydroxyl groups is 1. The molecule has 0 aromatic heterocycles. The van der Waals surface area contributed by atoms with E-state index in [1.165, 1.54) is 0 Å². The lowest BCUT2D eigenvalue weighted by atomic mass is 9.91. The monoisotopic (exact) mass is 328 g/mol. The van der Waals surface area contributed by atoms with Gasteiger partial charge in [0.05, 0.1) is 6.67 Å². The standard InChI is InChI=1S/C10H21N2O8P/c1-3-6(2)8(10(15)16)9(14)12(17)5-11-4-7(13)21(18,19)20/h6-8,11,13,17H,3-5H2,1-2H3,(H,15,16)(H2,18,19,20). The third-order valence-corrected chi connectivity index (χ3v) is 3.94. The molecule has 3 atom stereocenters. The van der Waals surface area contributed by atoms with E-state index >= 15 is 0 Å². The fourth-order valence-electron chi connectivity index (χ4n) is 1.49. The second-order valence-electron chi connectivity index (χ2n) is 4.62. The fourth-order valence-corrected chi connectivity index (χ4v) is 1.85. The van der Waals surface area contributed by atoms with Gasteiger partial charge >= 0.3 is 13.6 Å². The summed E-state index contributed by atoms with van der Waals surface area (Å²) in [6.07, 6.45) is 0.418. The number of amides is 1. The molecule has 0 spiro atoms. The molecule has 6 N–H and O–H groups in total. The van der Waals surface area contributed by atoms with Crippen molar-refractivity contribution in [3.05, 3.63) is 0 Å². The summed E-state index contributed by atoms with van der Waals surface area (Å²) in [6.45, 7) is 2.10. The van der Waals surface area contributed by atoms with E-state index in [0.29, 0.717) is 6.42 Å². The Morgan fingerprint density at radius 1 is 1.33 bits per heavy atom. The van der Waals surface area contributed by atoms with E-state index in [-0.39, 0.29) is 5.06 Å². The van der Waals surface area contributed by atoms with Crippen LogP contribution in [0, 0.1) is 11.8 Å². The second kappa shape index (κ2) is 8.42. The average Bonchev–Trinajstić information content (AvgIpc) is 2.36. The highest BCUT2D eigenvalue weighted by Gasteiger charge is 2.34. The zero-order valence-electron chi connectivity index (χ0n) is 11.7. The number of rotatable bonds is 9. The van der Waals surface area contributed by atoms with Crippen LogP contribution in [0.3, 0.4) is 0 Å². The van der Waals surface area contributed by atoms with Crippen LogP contribution in [-0.4, -0.2) is 61.2 Å². The molecule has 124 valence electrons. The van der Waals surface area contributed by atoms with Gasteiger partial charge in [-0.05, 0) is 5.92 Å². The van der Waals surface area contributed by atoms with Crippen LogP contribution in [0.15, 0.2) is 0 Å². The lowest BCUT2D eigenvalue weighted by Gasteiger charge is -2.23. The van der Waals surface area contributed by atoms with E-state index in [2.05, 4.69) is 5.32 Å². The molecule has 0 heterocycles. The topological polar surface area (TPSA) is 168 Å². The number of carbonyl (C=O) groups is 2. The first kappa shape index (κ1) is 20.0. The van der Waals surface area contributed by atoms with Crippen LogP contribution in [0.1, 0.15) is 20.3 Å². The van der Waals surface area contributed by atoms with Gasteiger partial charge in [-0.2, -0.15) is 0 Å². The molecule has 3 unspecified atom stereocenters. The number of carboxylic acids is 1. The molecule has 0 saturated heterocycles. The van der Waals surface area contributed by atoms with Crippen LogP contribution in [0.2, 0.25) is 0 Å². The summed E-state index contributed by atoms with van der Waals surface area (Å²) in [6, 6.07) is 0. The number of nitrogens with one attached hydrogen (secondary N) is 1. The number of carbonyl (C=O) groups excluding carboxylic acids is 1. The average molecular weight is 328 g/mol. The fraction of sp³-hybridized carbons (Fsp3) is 0.800. The summed E-state index contributed by atoms with van der Waals surface area (Å²) in [7, 11) is -4.68. The molecule has 0 rings (SSSR count). The van der Waals surface area contributed by atoms with Gasteiger partial charge in [0.15, 0.2) is 5.85 Å². The Morgan fingerprint density at radius 3 is 2.24 bits per heavy atom. The van der Waals surface area contributed by atoms with E-state index in [1.807, 2.05) is 0 Å². The normalized spacial score (nSPS) is 16.1. The molecule has 0 fully saturated rings. The maximum absolute atomic E-state index is 11.8. The van der Waals surface area contributed by atoms with Crippen molar-refractivity contribution in [2.75, 3.05) is 13.2 Å². The van der Waals surface area contributed by atoms with Gasteiger partial charge < -0.3 is 20.0 Å². The summed E-state index contributed by atoms with van der Waals surface area (Å²) in [5.74, 6) is -6.32. The van der Waals surface area contributed by atoms with Crippen molar-refractivity contribution < 1.29 is 39.4 Å². The zero-order valence-corrected chi connectivity index (χ0v) is 12.6. The van der Waals surface area contributed by atoms with E-state index < -0.39 is 50.4 Å². The molecule has 0 aromatic carbocycles. The molecule has 0 bridgehead atoms. The first-order chi connectivity index (χ1) is 9.52. The molecular weight excluding hydrogens is 307 g/mol. The van der Waals surface area contributed by atoms with Crippen LogP contribution in [0.25, 0.3) is 0 Å². The Hall–Kier alpha value is -1.03. The van der Waals surface area contributed by atoms with E-state index in [4.69, 9.17) is 20.0 Å². The SMILES string of the molecule is CCC(C)C(C(=O)O)C(=O)N(O)CNCC(O)P(=O)(O)O. The summed E-state index contributed by atoms with van der Waals surface area (Å²) in [5.41, 5.74) is 0. The Bertz CT molecular complexity index is 412. The third-order valence-electron chi connectivity index (χ3n) is 2.98. The maximum atomic E-state index is 11.8. The van der Waals surface area contributed by atoms with Gasteiger partial charge in [0.2, 0.25) is 0 Å². The Labute approximate surface area is 121 Å². The molecule has 0 radical (unpaired) electrons. The predicted molar refractivity (Wildman–Crippen MR) is 70.1 cm³/mol. The van der Waals surface area contributed by atoms with Crippen LogP contribution in [0.4, 0.5) is 0 Å². The molecule has 11 heteroatoms. The van der Waals surface area contributed by atoms with Crippen molar-refractivity contribution in [1.29, 1.82) is 0 Å². The van der Waals surface area contributed by atoms with E-state index in [1.54, 1.807) is 13.8 Å². The van der Waals surface area contributed by atoms with Gasteiger partial charge in [0.25, 0.3) is 5.91 Å². The van der Waals surface area contributed by atoms with Crippen molar-refractivity contribution in [2.24, 2.45) is 11.8 Å². The minimum Gasteiger partial charge on any atom is -0.481 e. The van der Waals surface area contributed by atoms with Crippen molar-refractivity contribution in [3.8, 4) is 0 Å². The second-order valence-corrected chi connectivity index (χ2v) is 6.40. The maximum Gasteiger partial charge on any atom is 0.355 e. The van der Waals surface area contributed by atoms with Crippen LogP contribution in [0.5, 0.6) is 0 Å². The highest BCUT2D eigenvalue weighted by atomic mass is 31.2. The van der Waals surface area contributed by atoms with Crippen molar-refractivity contribution in [3.63, 3.8) is 0 Å². The van der Waals surface area contributed by atoms with Crippen LogP contribution in [-0.2, 0) is 14.2 Å². The minimum atomic E-state index is -4.68. The Balaban J connectivity index is 4.51. The largest absolute Gasteiger partial charge is 0.481 e. The lowest BCUT2D eigenvalue weighted by molar-refractivity contribution is -0.178. The highest BCUT2D eigenvalue weighted by molar-refractivity contribution is 7.52. The predicted octanol–water partition coefficient (Wildman–Crippen LogP) is -1.01. The first-order valence-corrected chi connectivity index (χ1v) is 7.87. The molecule has 0 saturated carbocycles. The molecule has 0 aliphatic rings. The molecule has 0 aromatic rings. The molecule has 1 amide bonds. The van der Waals surface area contributed by atoms with Crippen molar-refractivity contribution >= 4 is 19.5 Å². The minimum absolute atomic E-state index is 0.108. The summed E-state index contributed by atoms with van der Waals surface area (Å²) in [5, 5.41) is 29.9. The van der Waals surface area contributed by atoms with Crippen molar-refractivity contribution in [2.45, 2.75) is 26.1 Å². The molecule has 10 nitrogen and oxygen atoms in total. The summed E-state index contributed by atoms with van der Waals surface area (Å²) in [4.78, 5) is 40.1. The number of nitrogens with zero attached hydrogens (tertiary/aromatic N) is 1. The van der Waals surface area contributed by atoms with E-state index in [9.17, 15) is 19.4 Å². The molecule has 0 aliphatic carbocycles. The number of carboxylic acid groups (broad SMARTS) is 1. The number of aliphatic carboxylic acids is 1. The summed E-state index contributed by atoms with van der Waals surface area (Å²) >= 11 is 0. The quantitative estimate of drug-likeness (QED) is 0.102. The van der Waals surface area contributed by atoms with Gasteiger partial charge in [0.1, 0.15) is 5.92 Å². The molecular formula is C10H21N2O8P. The smallest absolute Gasteiger partial charge is 0.355 e.